The van der Waals surface area contributed by atoms with Crippen molar-refractivity contribution >= 4 is 41.5 Å². The fourth-order valence-corrected chi connectivity index (χ4v) is 2.67. The lowest BCUT2D eigenvalue weighted by Gasteiger charge is -2.16. The number of hydrogen-bond acceptors (Lipinski definition) is 4. The summed E-state index contributed by atoms with van der Waals surface area (Å²) in [4.78, 5) is 4.23. The number of aliphatic imine (C=N–C) groups is 1. The molecule has 8 heteroatoms. The Morgan fingerprint density at radius 1 is 0.963 bits per heavy atom. The van der Waals surface area contributed by atoms with Crippen molar-refractivity contribution in [3.05, 3.63) is 52.5 Å². The minimum Gasteiger partial charge on any atom is -0.493 e. The Kier molecular flexibility index (Phi) is 10.1. The Morgan fingerprint density at radius 2 is 1.56 bits per heavy atom. The van der Waals surface area contributed by atoms with Gasteiger partial charge in [-0.1, -0.05) is 29.8 Å². The van der Waals surface area contributed by atoms with Gasteiger partial charge in [-0.05, 0) is 29.3 Å². The molecule has 2 aromatic carbocycles. The second-order valence-corrected chi connectivity index (χ2v) is 5.81. The molecular weight excluding hydrogens is 481 g/mol. The lowest BCUT2D eigenvalue weighted by Crippen LogP contribution is -2.36. The minimum absolute atomic E-state index is 0. The van der Waals surface area contributed by atoms with E-state index in [2.05, 4.69) is 15.6 Å². The van der Waals surface area contributed by atoms with E-state index in [1.54, 1.807) is 28.4 Å². The molecule has 27 heavy (non-hydrogen) atoms. The van der Waals surface area contributed by atoms with Gasteiger partial charge < -0.3 is 24.8 Å². The number of methoxy groups -OCH3 is 3. The molecule has 0 radical (unpaired) electrons. The van der Waals surface area contributed by atoms with Gasteiger partial charge in [-0.25, -0.2) is 0 Å². The van der Waals surface area contributed by atoms with Crippen LogP contribution < -0.4 is 24.8 Å². The van der Waals surface area contributed by atoms with Gasteiger partial charge in [-0.2, -0.15) is 0 Å². The summed E-state index contributed by atoms with van der Waals surface area (Å²) in [5.74, 6) is 2.46. The van der Waals surface area contributed by atoms with Crippen LogP contribution in [0, 0.1) is 0 Å². The van der Waals surface area contributed by atoms with E-state index in [0.717, 1.165) is 16.1 Å². The topological polar surface area (TPSA) is 64.1 Å². The van der Waals surface area contributed by atoms with Gasteiger partial charge in [-0.3, -0.25) is 4.99 Å². The number of halogens is 2. The summed E-state index contributed by atoms with van der Waals surface area (Å²) in [5.41, 5.74) is 1.98. The molecule has 0 saturated heterocycles. The van der Waals surface area contributed by atoms with Crippen LogP contribution in [0.5, 0.6) is 17.2 Å². The number of rotatable bonds is 7. The first-order valence-corrected chi connectivity index (χ1v) is 8.47. The van der Waals surface area contributed by atoms with Crippen LogP contribution in [-0.4, -0.2) is 34.3 Å². The van der Waals surface area contributed by atoms with Crippen LogP contribution in [0.15, 0.2) is 41.4 Å². The Morgan fingerprint density at radius 3 is 2.07 bits per heavy atom. The van der Waals surface area contributed by atoms with Crippen molar-refractivity contribution < 1.29 is 14.2 Å². The van der Waals surface area contributed by atoms with E-state index in [1.807, 2.05) is 36.4 Å². The van der Waals surface area contributed by atoms with Crippen LogP contribution in [0.25, 0.3) is 0 Å². The maximum Gasteiger partial charge on any atom is 0.203 e. The molecular formula is C19H25ClIN3O3. The first-order chi connectivity index (χ1) is 12.6. The lowest BCUT2D eigenvalue weighted by atomic mass is 10.2. The Labute approximate surface area is 182 Å². The third kappa shape index (κ3) is 6.35. The molecule has 0 saturated carbocycles. The number of ether oxygens (including phenoxy) is 3. The van der Waals surface area contributed by atoms with Gasteiger partial charge in [0.1, 0.15) is 0 Å². The molecule has 148 valence electrons. The molecule has 2 rings (SSSR count). The summed E-state index contributed by atoms with van der Waals surface area (Å²) in [7, 11) is 6.49. The van der Waals surface area contributed by atoms with E-state index in [-0.39, 0.29) is 24.0 Å². The van der Waals surface area contributed by atoms with Crippen molar-refractivity contribution in [1.82, 2.24) is 10.6 Å². The van der Waals surface area contributed by atoms with Gasteiger partial charge >= 0.3 is 0 Å². The molecule has 2 N–H and O–H groups in total. The maximum atomic E-state index is 6.18. The quantitative estimate of drug-likeness (QED) is 0.340. The Balaban J connectivity index is 0.00000364. The minimum atomic E-state index is 0. The molecule has 0 spiro atoms. The van der Waals surface area contributed by atoms with Crippen LogP contribution in [0.4, 0.5) is 0 Å². The van der Waals surface area contributed by atoms with Gasteiger partial charge in [0, 0.05) is 25.2 Å². The number of guanidine groups is 1. The molecule has 0 amide bonds. The normalized spacial score (nSPS) is 10.6. The average molecular weight is 506 g/mol. The van der Waals surface area contributed by atoms with Crippen molar-refractivity contribution in [2.24, 2.45) is 4.99 Å². The molecule has 2 aromatic rings. The predicted octanol–water partition coefficient (Wildman–Crippen LogP) is 3.85. The van der Waals surface area contributed by atoms with Crippen molar-refractivity contribution in [1.29, 1.82) is 0 Å². The zero-order valence-electron chi connectivity index (χ0n) is 15.8. The Hall–Kier alpha value is -1.87. The molecule has 6 nitrogen and oxygen atoms in total. The first kappa shape index (κ1) is 23.2. The summed E-state index contributed by atoms with van der Waals surface area (Å²) in [6.45, 7) is 1.12. The van der Waals surface area contributed by atoms with Crippen molar-refractivity contribution in [2.45, 2.75) is 13.1 Å². The van der Waals surface area contributed by atoms with Gasteiger partial charge in [0.05, 0.1) is 21.3 Å². The summed E-state index contributed by atoms with van der Waals surface area (Å²) < 4.78 is 16.1. The standard InChI is InChI=1S/C19H24ClN3O3.HI/c1-21-19(23-12-14-7-5-6-8-15(14)20)22-11-13-9-16(24-2)18(26-4)17(10-13)25-3;/h5-10H,11-12H2,1-4H3,(H2,21,22,23);1H. The summed E-state index contributed by atoms with van der Waals surface area (Å²) in [6, 6.07) is 11.5. The summed E-state index contributed by atoms with van der Waals surface area (Å²) >= 11 is 6.18. The highest BCUT2D eigenvalue weighted by molar-refractivity contribution is 14.0. The van der Waals surface area contributed by atoms with E-state index >= 15 is 0 Å². The van der Waals surface area contributed by atoms with Crippen molar-refractivity contribution in [3.63, 3.8) is 0 Å². The van der Waals surface area contributed by atoms with Crippen LogP contribution in [0.2, 0.25) is 5.02 Å². The van der Waals surface area contributed by atoms with Crippen LogP contribution >= 0.6 is 35.6 Å². The van der Waals surface area contributed by atoms with E-state index in [4.69, 9.17) is 25.8 Å². The fraction of sp³-hybridized carbons (Fsp3) is 0.316. The zero-order chi connectivity index (χ0) is 18.9. The number of nitrogens with zero attached hydrogens (tertiary/aromatic N) is 1. The summed E-state index contributed by atoms with van der Waals surface area (Å²) in [6.07, 6.45) is 0. The maximum absolute atomic E-state index is 6.18. The highest BCUT2D eigenvalue weighted by Crippen LogP contribution is 2.38. The van der Waals surface area contributed by atoms with E-state index in [9.17, 15) is 0 Å². The molecule has 0 fully saturated rings. The SMILES string of the molecule is CN=C(NCc1cc(OC)c(OC)c(OC)c1)NCc1ccccc1Cl.I. The second-order valence-electron chi connectivity index (χ2n) is 5.40. The number of hydrogen-bond donors (Lipinski definition) is 2. The number of benzene rings is 2. The van der Waals surface area contributed by atoms with E-state index in [1.165, 1.54) is 0 Å². The number of nitrogens with one attached hydrogen (secondary N) is 2. The molecule has 0 bridgehead atoms. The predicted molar refractivity (Wildman–Crippen MR) is 120 cm³/mol. The van der Waals surface area contributed by atoms with E-state index in [0.29, 0.717) is 36.3 Å². The lowest BCUT2D eigenvalue weighted by molar-refractivity contribution is 0.323. The highest BCUT2D eigenvalue weighted by atomic mass is 127. The van der Waals surface area contributed by atoms with Gasteiger partial charge in [0.2, 0.25) is 5.75 Å². The molecule has 0 aliphatic rings. The average Bonchev–Trinajstić information content (AvgIpc) is 2.68. The molecule has 0 aliphatic carbocycles. The zero-order valence-corrected chi connectivity index (χ0v) is 18.9. The monoisotopic (exact) mass is 505 g/mol. The first-order valence-electron chi connectivity index (χ1n) is 8.09. The van der Waals surface area contributed by atoms with Crippen LogP contribution in [0.3, 0.4) is 0 Å². The smallest absolute Gasteiger partial charge is 0.203 e. The van der Waals surface area contributed by atoms with Crippen LogP contribution in [-0.2, 0) is 13.1 Å². The summed E-state index contributed by atoms with van der Waals surface area (Å²) in [5, 5.41) is 7.23. The van der Waals surface area contributed by atoms with Gasteiger partial charge in [0.25, 0.3) is 0 Å². The van der Waals surface area contributed by atoms with Crippen molar-refractivity contribution in [3.8, 4) is 17.2 Å². The Bertz CT molecular complexity index is 747. The largest absolute Gasteiger partial charge is 0.493 e. The molecule has 0 unspecified atom stereocenters. The third-order valence-corrected chi connectivity index (χ3v) is 4.18. The highest BCUT2D eigenvalue weighted by Gasteiger charge is 2.13. The molecule has 0 aromatic heterocycles. The van der Waals surface area contributed by atoms with Gasteiger partial charge in [-0.15, -0.1) is 24.0 Å². The third-order valence-electron chi connectivity index (χ3n) is 3.81. The fourth-order valence-electron chi connectivity index (χ4n) is 2.46. The molecule has 0 aliphatic heterocycles. The van der Waals surface area contributed by atoms with Crippen molar-refractivity contribution in [2.75, 3.05) is 28.4 Å². The molecule has 0 atom stereocenters. The van der Waals surface area contributed by atoms with Crippen LogP contribution in [0.1, 0.15) is 11.1 Å². The molecule has 0 heterocycles. The van der Waals surface area contributed by atoms with Gasteiger partial charge in [0.15, 0.2) is 17.5 Å². The second kappa shape index (κ2) is 11.8. The van der Waals surface area contributed by atoms with E-state index < -0.39 is 0 Å².